The Hall–Kier alpha value is -4.43. The number of hydrogen-bond donors (Lipinski definition) is 2. The van der Waals surface area contributed by atoms with E-state index in [0.29, 0.717) is 34.6 Å². The van der Waals surface area contributed by atoms with Crippen molar-refractivity contribution in [1.29, 1.82) is 0 Å². The molecule has 0 aromatic heterocycles. The van der Waals surface area contributed by atoms with Crippen LogP contribution in [0.4, 0.5) is 17.1 Å². The lowest BCUT2D eigenvalue weighted by Gasteiger charge is -2.28. The van der Waals surface area contributed by atoms with Crippen molar-refractivity contribution in [3.63, 3.8) is 0 Å². The summed E-state index contributed by atoms with van der Waals surface area (Å²) < 4.78 is 5.11. The van der Waals surface area contributed by atoms with Crippen LogP contribution < -0.4 is 15.5 Å². The first-order valence-electron chi connectivity index (χ1n) is 13.0. The van der Waals surface area contributed by atoms with Crippen molar-refractivity contribution in [3.8, 4) is 0 Å². The Labute approximate surface area is 229 Å². The third kappa shape index (κ3) is 6.18. The van der Waals surface area contributed by atoms with E-state index in [2.05, 4.69) is 10.6 Å². The predicted molar refractivity (Wildman–Crippen MR) is 156 cm³/mol. The molecule has 8 nitrogen and oxygen atoms in total. The number of carbonyl (C=O) groups excluding carboxylic acids is 3. The zero-order valence-electron chi connectivity index (χ0n) is 22.9. The van der Waals surface area contributed by atoms with Gasteiger partial charge >= 0.3 is 5.97 Å². The topological polar surface area (TPSA) is 91.0 Å². The highest BCUT2D eigenvalue weighted by Gasteiger charge is 2.29. The number of nitrogens with one attached hydrogen (secondary N) is 2. The fraction of sp³-hybridized carbons (Fsp3) is 0.258. The average Bonchev–Trinajstić information content (AvgIpc) is 3.23. The number of nitrogens with zero attached hydrogens (tertiary/aromatic N) is 2. The molecule has 0 bridgehead atoms. The summed E-state index contributed by atoms with van der Waals surface area (Å²) in [5, 5.41) is 6.33. The maximum atomic E-state index is 13.3. The lowest BCUT2D eigenvalue weighted by Crippen LogP contribution is -2.42. The van der Waals surface area contributed by atoms with E-state index >= 15 is 0 Å². The Balaban J connectivity index is 1.72. The van der Waals surface area contributed by atoms with E-state index in [-0.39, 0.29) is 24.5 Å². The first-order valence-corrected chi connectivity index (χ1v) is 13.0. The minimum absolute atomic E-state index is 0.00329. The second-order valence-corrected chi connectivity index (χ2v) is 9.82. The second-order valence-electron chi connectivity index (χ2n) is 9.82. The first-order chi connectivity index (χ1) is 18.7. The Morgan fingerprint density at radius 3 is 2.26 bits per heavy atom. The van der Waals surface area contributed by atoms with Gasteiger partial charge in [0.25, 0.3) is 5.91 Å². The molecule has 2 N–H and O–H groups in total. The van der Waals surface area contributed by atoms with E-state index in [1.54, 1.807) is 30.0 Å². The number of ether oxygens (including phenoxy) is 1. The molecule has 0 radical (unpaired) electrons. The Morgan fingerprint density at radius 1 is 0.949 bits per heavy atom. The molecule has 1 heterocycles. The Kier molecular flexibility index (Phi) is 8.46. The van der Waals surface area contributed by atoms with Crippen LogP contribution in [-0.2, 0) is 14.3 Å². The van der Waals surface area contributed by atoms with Crippen LogP contribution in [0, 0.1) is 0 Å². The van der Waals surface area contributed by atoms with Gasteiger partial charge in [-0.2, -0.15) is 0 Å². The molecule has 0 saturated carbocycles. The van der Waals surface area contributed by atoms with Crippen LogP contribution in [0.2, 0.25) is 0 Å². The van der Waals surface area contributed by atoms with E-state index in [1.807, 2.05) is 87.4 Å². The minimum atomic E-state index is -0.437. The number of anilines is 3. The zero-order chi connectivity index (χ0) is 28.1. The Morgan fingerprint density at radius 2 is 1.64 bits per heavy atom. The fourth-order valence-electron chi connectivity index (χ4n) is 4.57. The smallest absolute Gasteiger partial charge is 0.338 e. The van der Waals surface area contributed by atoms with Crippen LogP contribution in [0.3, 0.4) is 0 Å². The molecule has 0 aliphatic carbocycles. The number of fused-ring (bicyclic) bond motifs is 1. The summed E-state index contributed by atoms with van der Waals surface area (Å²) in [5.41, 5.74) is 5.12. The van der Waals surface area contributed by atoms with Crippen molar-refractivity contribution < 1.29 is 19.1 Å². The number of amides is 2. The molecule has 3 aromatic rings. The minimum Gasteiger partial charge on any atom is -0.462 e. The molecule has 0 atom stereocenters. The third-order valence-corrected chi connectivity index (χ3v) is 6.24. The van der Waals surface area contributed by atoms with E-state index in [4.69, 9.17) is 4.74 Å². The molecule has 1 aliphatic rings. The molecule has 1 aliphatic heterocycles. The fourth-order valence-corrected chi connectivity index (χ4v) is 4.57. The van der Waals surface area contributed by atoms with Gasteiger partial charge in [0.1, 0.15) is 0 Å². The van der Waals surface area contributed by atoms with Crippen LogP contribution in [0.1, 0.15) is 42.3 Å². The second kappa shape index (κ2) is 12.0. The molecule has 0 saturated heterocycles. The van der Waals surface area contributed by atoms with Crippen molar-refractivity contribution in [2.45, 2.75) is 26.8 Å². The van der Waals surface area contributed by atoms with Crippen molar-refractivity contribution in [2.75, 3.05) is 42.8 Å². The Bertz CT molecular complexity index is 1400. The highest BCUT2D eigenvalue weighted by atomic mass is 16.5. The highest BCUT2D eigenvalue weighted by molar-refractivity contribution is 6.37. The van der Waals surface area contributed by atoms with Crippen LogP contribution in [0.5, 0.6) is 0 Å². The van der Waals surface area contributed by atoms with Gasteiger partial charge < -0.3 is 25.2 Å². The molecule has 0 spiro atoms. The van der Waals surface area contributed by atoms with Gasteiger partial charge in [-0.3, -0.25) is 9.59 Å². The lowest BCUT2D eigenvalue weighted by molar-refractivity contribution is -0.119. The molecule has 202 valence electrons. The summed E-state index contributed by atoms with van der Waals surface area (Å²) >= 11 is 0. The molecular weight excluding hydrogens is 492 g/mol. The number of esters is 1. The van der Waals surface area contributed by atoms with E-state index in [0.717, 1.165) is 16.9 Å². The van der Waals surface area contributed by atoms with Crippen LogP contribution >= 0.6 is 0 Å². The average molecular weight is 527 g/mol. The van der Waals surface area contributed by atoms with E-state index in [1.165, 1.54) is 0 Å². The van der Waals surface area contributed by atoms with Gasteiger partial charge in [0.05, 0.1) is 35.7 Å². The summed E-state index contributed by atoms with van der Waals surface area (Å²) in [6.07, 6.45) is 0. The molecule has 4 rings (SSSR count). The van der Waals surface area contributed by atoms with Gasteiger partial charge in [-0.1, -0.05) is 36.4 Å². The quantitative estimate of drug-likeness (QED) is 0.298. The number of likely N-dealkylation sites (N-methyl/N-ethyl adjacent to an activating group) is 1. The summed E-state index contributed by atoms with van der Waals surface area (Å²) in [4.78, 5) is 42.0. The standard InChI is InChI=1S/C31H34N4O4/c1-6-39-31(38)22-12-17-25-26(18-22)33-30(37)28(25)29(21-10-8-7-9-11-21)32-23-13-15-24(16-14-23)35(20(2)3)27(36)19-34(4)5/h7-18,20,32H,6,19H2,1-5H3,(H,33,37)/b29-28-. The highest BCUT2D eigenvalue weighted by Crippen LogP contribution is 2.38. The summed E-state index contributed by atoms with van der Waals surface area (Å²) in [6, 6.07) is 22.3. The molecule has 39 heavy (non-hydrogen) atoms. The normalized spacial score (nSPS) is 13.7. The van der Waals surface area contributed by atoms with Crippen molar-refractivity contribution in [1.82, 2.24) is 4.90 Å². The number of rotatable bonds is 9. The third-order valence-electron chi connectivity index (χ3n) is 6.24. The SMILES string of the molecule is CCOC(=O)c1ccc2c(c1)NC(=O)/C2=C(\Nc1ccc(N(C(=O)CN(C)C)C(C)C)cc1)c1ccccc1. The first kappa shape index (κ1) is 27.6. The lowest BCUT2D eigenvalue weighted by atomic mass is 9.99. The van der Waals surface area contributed by atoms with Gasteiger partial charge in [-0.05, 0) is 76.8 Å². The van der Waals surface area contributed by atoms with E-state index < -0.39 is 5.97 Å². The predicted octanol–water partition coefficient (Wildman–Crippen LogP) is 5.10. The van der Waals surface area contributed by atoms with Gasteiger partial charge in [0.15, 0.2) is 0 Å². The van der Waals surface area contributed by atoms with Crippen LogP contribution in [0.15, 0.2) is 72.8 Å². The monoisotopic (exact) mass is 526 g/mol. The van der Waals surface area contributed by atoms with Gasteiger partial charge in [0.2, 0.25) is 5.91 Å². The van der Waals surface area contributed by atoms with Gasteiger partial charge in [0, 0.05) is 23.0 Å². The van der Waals surface area contributed by atoms with Gasteiger partial charge in [-0.25, -0.2) is 4.79 Å². The van der Waals surface area contributed by atoms with Crippen LogP contribution in [-0.4, -0.2) is 56.0 Å². The zero-order valence-corrected chi connectivity index (χ0v) is 22.9. The molecule has 3 aromatic carbocycles. The number of hydrogen-bond acceptors (Lipinski definition) is 6. The molecular formula is C31H34N4O4. The van der Waals surface area contributed by atoms with Gasteiger partial charge in [-0.15, -0.1) is 0 Å². The van der Waals surface area contributed by atoms with Crippen LogP contribution in [0.25, 0.3) is 11.3 Å². The summed E-state index contributed by atoms with van der Waals surface area (Å²) in [6.45, 7) is 6.31. The molecule has 0 unspecified atom stereocenters. The maximum Gasteiger partial charge on any atom is 0.338 e. The molecule has 8 heteroatoms. The van der Waals surface area contributed by atoms with Crippen molar-refractivity contribution >= 4 is 46.1 Å². The molecule has 0 fully saturated rings. The van der Waals surface area contributed by atoms with Crippen molar-refractivity contribution in [3.05, 3.63) is 89.5 Å². The summed E-state index contributed by atoms with van der Waals surface area (Å²) in [7, 11) is 3.74. The van der Waals surface area contributed by atoms with E-state index in [9.17, 15) is 14.4 Å². The van der Waals surface area contributed by atoms with Crippen molar-refractivity contribution in [2.24, 2.45) is 0 Å². The number of benzene rings is 3. The molecule has 2 amide bonds. The number of carbonyl (C=O) groups is 3. The largest absolute Gasteiger partial charge is 0.462 e. The summed E-state index contributed by atoms with van der Waals surface area (Å²) in [5.74, 6) is -0.688. The maximum absolute atomic E-state index is 13.3.